The van der Waals surface area contributed by atoms with E-state index in [4.69, 9.17) is 0 Å². The summed E-state index contributed by atoms with van der Waals surface area (Å²) in [5.74, 6) is -1.69. The summed E-state index contributed by atoms with van der Waals surface area (Å²) in [4.78, 5) is 25.3. The van der Waals surface area contributed by atoms with Gasteiger partial charge in [-0.2, -0.15) is 13.2 Å². The summed E-state index contributed by atoms with van der Waals surface area (Å²) in [6, 6.07) is 7.63. The van der Waals surface area contributed by atoms with Crippen LogP contribution in [0.1, 0.15) is 25.3 Å². The quantitative estimate of drug-likeness (QED) is 0.708. The maximum absolute atomic E-state index is 12.5. The summed E-state index contributed by atoms with van der Waals surface area (Å²) in [6.45, 7) is 1.13. The summed E-state index contributed by atoms with van der Waals surface area (Å²) >= 11 is 0. The van der Waals surface area contributed by atoms with Crippen molar-refractivity contribution in [3.05, 3.63) is 29.8 Å². The average Bonchev–Trinajstić information content (AvgIpc) is 2.52. The molecule has 2 rings (SSSR count). The van der Waals surface area contributed by atoms with Gasteiger partial charge in [-0.25, -0.2) is 0 Å². The fourth-order valence-electron chi connectivity index (χ4n) is 2.59. The van der Waals surface area contributed by atoms with Gasteiger partial charge in [0.15, 0.2) is 5.60 Å². The molecule has 1 heterocycles. The van der Waals surface area contributed by atoms with Crippen LogP contribution in [0.15, 0.2) is 24.3 Å². The number of rotatable bonds is 4. The first kappa shape index (κ1) is 19.0. The van der Waals surface area contributed by atoms with Crippen LogP contribution in [0.5, 0.6) is 0 Å². The third-order valence-corrected chi connectivity index (χ3v) is 4.00. The predicted molar refractivity (Wildman–Crippen MR) is 84.6 cm³/mol. The lowest BCUT2D eigenvalue weighted by molar-refractivity contribution is -0.253. The maximum atomic E-state index is 12.5. The monoisotopic (exact) mass is 359 g/mol. The Bertz CT molecular complexity index is 647. The average molecular weight is 359 g/mol. The van der Waals surface area contributed by atoms with Crippen LogP contribution in [0.4, 0.5) is 18.9 Å². The molecule has 1 atom stereocenters. The van der Waals surface area contributed by atoms with Crippen molar-refractivity contribution in [3.8, 4) is 0 Å². The molecule has 0 bridgehead atoms. The second-order valence-electron chi connectivity index (χ2n) is 6.20. The zero-order valence-corrected chi connectivity index (χ0v) is 13.7. The van der Waals surface area contributed by atoms with E-state index >= 15 is 0 Å². The molecule has 0 radical (unpaired) electrons. The molecule has 0 aliphatic carbocycles. The normalized spacial score (nSPS) is 16.6. The van der Waals surface area contributed by atoms with Crippen LogP contribution in [0.3, 0.4) is 0 Å². The standard InChI is InChI=1S/C16H20F3N3O3/c1-15(25,16(17,18)19)9-13(23)20-21-14(24)10-22-8-4-6-11-5-2-3-7-12(11)22/h2-3,5,7,25H,4,6,8-10H2,1H3,(H,20,23)(H,21,24)/t15-/m0/s1. The molecular weight excluding hydrogens is 339 g/mol. The van der Waals surface area contributed by atoms with Crippen LogP contribution in [0, 0.1) is 0 Å². The van der Waals surface area contributed by atoms with Gasteiger partial charge in [0.05, 0.1) is 13.0 Å². The zero-order valence-electron chi connectivity index (χ0n) is 13.7. The topological polar surface area (TPSA) is 81.7 Å². The molecule has 0 fully saturated rings. The van der Waals surface area contributed by atoms with E-state index in [9.17, 15) is 27.9 Å². The Hall–Kier alpha value is -2.29. The van der Waals surface area contributed by atoms with E-state index in [0.717, 1.165) is 24.1 Å². The lowest BCUT2D eigenvalue weighted by atomic mass is 10.0. The largest absolute Gasteiger partial charge is 0.417 e. The highest BCUT2D eigenvalue weighted by molar-refractivity contribution is 5.85. The number of alkyl halides is 3. The Labute approximate surface area is 143 Å². The molecular formula is C16H20F3N3O3. The van der Waals surface area contributed by atoms with E-state index < -0.39 is 30.0 Å². The number of carbonyl (C=O) groups is 2. The van der Waals surface area contributed by atoms with Crippen LogP contribution in [0.2, 0.25) is 0 Å². The number of anilines is 1. The van der Waals surface area contributed by atoms with Crippen molar-refractivity contribution in [1.82, 2.24) is 10.9 Å². The van der Waals surface area contributed by atoms with E-state index in [-0.39, 0.29) is 6.54 Å². The van der Waals surface area contributed by atoms with Crippen LogP contribution in [-0.4, -0.2) is 41.8 Å². The van der Waals surface area contributed by atoms with Gasteiger partial charge < -0.3 is 10.0 Å². The molecule has 2 amide bonds. The number of benzene rings is 1. The summed E-state index contributed by atoms with van der Waals surface area (Å²) in [5.41, 5.74) is 2.86. The number of para-hydroxylation sites is 1. The second-order valence-corrected chi connectivity index (χ2v) is 6.20. The minimum atomic E-state index is -4.94. The highest BCUT2D eigenvalue weighted by atomic mass is 19.4. The molecule has 25 heavy (non-hydrogen) atoms. The summed E-state index contributed by atoms with van der Waals surface area (Å²) in [5, 5.41) is 9.25. The molecule has 138 valence electrons. The third-order valence-electron chi connectivity index (χ3n) is 4.00. The number of hydrazine groups is 1. The molecule has 9 heteroatoms. The number of aliphatic hydroxyl groups is 1. The van der Waals surface area contributed by atoms with Gasteiger partial charge in [-0.3, -0.25) is 20.4 Å². The van der Waals surface area contributed by atoms with Gasteiger partial charge in [0.1, 0.15) is 0 Å². The van der Waals surface area contributed by atoms with Crippen LogP contribution < -0.4 is 15.8 Å². The molecule has 0 saturated heterocycles. The lowest BCUT2D eigenvalue weighted by Gasteiger charge is -2.30. The summed E-state index contributed by atoms with van der Waals surface area (Å²) < 4.78 is 37.6. The van der Waals surface area contributed by atoms with Crippen LogP contribution in [-0.2, 0) is 16.0 Å². The minimum Gasteiger partial charge on any atom is -0.380 e. The van der Waals surface area contributed by atoms with E-state index in [0.29, 0.717) is 13.5 Å². The highest BCUT2D eigenvalue weighted by Gasteiger charge is 2.51. The number of nitrogens with zero attached hydrogens (tertiary/aromatic N) is 1. The molecule has 0 unspecified atom stereocenters. The summed E-state index contributed by atoms with van der Waals surface area (Å²) in [7, 11) is 0. The van der Waals surface area contributed by atoms with E-state index in [1.807, 2.05) is 34.6 Å². The number of hydrogen-bond donors (Lipinski definition) is 3. The Morgan fingerprint density at radius 1 is 1.20 bits per heavy atom. The van der Waals surface area contributed by atoms with Crippen LogP contribution in [0.25, 0.3) is 0 Å². The molecule has 6 nitrogen and oxygen atoms in total. The van der Waals surface area contributed by atoms with Crippen molar-refractivity contribution < 1.29 is 27.9 Å². The Balaban J connectivity index is 1.85. The van der Waals surface area contributed by atoms with Crippen molar-refractivity contribution in [2.45, 2.75) is 38.0 Å². The number of nitrogens with one attached hydrogen (secondary N) is 2. The number of carbonyl (C=O) groups excluding carboxylic acids is 2. The second kappa shape index (κ2) is 7.30. The van der Waals surface area contributed by atoms with Gasteiger partial charge in [-0.1, -0.05) is 18.2 Å². The molecule has 1 aromatic rings. The lowest BCUT2D eigenvalue weighted by Crippen LogP contribution is -2.51. The van der Waals surface area contributed by atoms with E-state index in [1.165, 1.54) is 0 Å². The fraction of sp³-hybridized carbons (Fsp3) is 0.500. The number of amides is 2. The van der Waals surface area contributed by atoms with Gasteiger partial charge in [0.2, 0.25) is 5.91 Å². The first-order chi connectivity index (χ1) is 11.6. The Kier molecular flexibility index (Phi) is 5.56. The first-order valence-corrected chi connectivity index (χ1v) is 7.80. The SMILES string of the molecule is C[C@](O)(CC(=O)NNC(=O)CN1CCCc2ccccc21)C(F)(F)F. The molecule has 1 aliphatic rings. The smallest absolute Gasteiger partial charge is 0.380 e. The van der Waals surface area contributed by atoms with Gasteiger partial charge in [0, 0.05) is 12.2 Å². The van der Waals surface area contributed by atoms with Crippen LogP contribution >= 0.6 is 0 Å². The number of halogens is 3. The molecule has 0 aromatic heterocycles. The van der Waals surface area contributed by atoms with Crippen molar-refractivity contribution in [1.29, 1.82) is 0 Å². The van der Waals surface area contributed by atoms with E-state index in [2.05, 4.69) is 5.43 Å². The van der Waals surface area contributed by atoms with Gasteiger partial charge in [0.25, 0.3) is 5.91 Å². The van der Waals surface area contributed by atoms with Crippen molar-refractivity contribution in [3.63, 3.8) is 0 Å². The number of aryl methyl sites for hydroxylation is 1. The fourth-order valence-corrected chi connectivity index (χ4v) is 2.59. The Morgan fingerprint density at radius 3 is 2.52 bits per heavy atom. The van der Waals surface area contributed by atoms with E-state index in [1.54, 1.807) is 0 Å². The minimum absolute atomic E-state index is 0.0348. The number of hydrogen-bond acceptors (Lipinski definition) is 4. The first-order valence-electron chi connectivity index (χ1n) is 7.80. The molecule has 1 aliphatic heterocycles. The summed E-state index contributed by atoms with van der Waals surface area (Å²) in [6.07, 6.45) is -4.35. The molecule has 3 N–H and O–H groups in total. The maximum Gasteiger partial charge on any atom is 0.417 e. The number of fused-ring (bicyclic) bond motifs is 1. The molecule has 0 spiro atoms. The predicted octanol–water partition coefficient (Wildman–Crippen LogP) is 1.29. The third kappa shape index (κ3) is 4.85. The van der Waals surface area contributed by atoms with Gasteiger partial charge >= 0.3 is 6.18 Å². The van der Waals surface area contributed by atoms with Crippen molar-refractivity contribution in [2.75, 3.05) is 18.0 Å². The Morgan fingerprint density at radius 2 is 1.84 bits per heavy atom. The van der Waals surface area contributed by atoms with Crippen molar-refractivity contribution in [2.24, 2.45) is 0 Å². The highest BCUT2D eigenvalue weighted by Crippen LogP contribution is 2.32. The van der Waals surface area contributed by atoms with Gasteiger partial charge in [-0.05, 0) is 31.4 Å². The van der Waals surface area contributed by atoms with Gasteiger partial charge in [-0.15, -0.1) is 0 Å². The molecule has 0 saturated carbocycles. The zero-order chi connectivity index (χ0) is 18.7. The molecule has 1 aromatic carbocycles. The van der Waals surface area contributed by atoms with Crippen molar-refractivity contribution >= 4 is 17.5 Å².